The maximum Gasteiger partial charge on any atom is 0.257 e. The molecule has 0 aliphatic carbocycles. The predicted octanol–water partition coefficient (Wildman–Crippen LogP) is 4.40. The molecular formula is C18H22BrN3O2S. The van der Waals surface area contributed by atoms with Crippen molar-refractivity contribution in [3.63, 3.8) is 0 Å². The predicted molar refractivity (Wildman–Crippen MR) is 104 cm³/mol. The summed E-state index contributed by atoms with van der Waals surface area (Å²) in [5.74, 6) is 1.28. The lowest BCUT2D eigenvalue weighted by Crippen LogP contribution is -2.33. The number of hydrogen-bond donors (Lipinski definition) is 1. The van der Waals surface area contributed by atoms with Crippen molar-refractivity contribution in [2.75, 3.05) is 25.5 Å². The van der Waals surface area contributed by atoms with Crippen molar-refractivity contribution in [2.45, 2.75) is 26.3 Å². The summed E-state index contributed by atoms with van der Waals surface area (Å²) in [6, 6.07) is 5.25. The highest BCUT2D eigenvalue weighted by atomic mass is 79.9. The SMILES string of the molecule is COc1ccc(C(=O)Nc2nc(CN3CCCC(C)C3)cs2)cc1Br. The van der Waals surface area contributed by atoms with Crippen molar-refractivity contribution in [1.29, 1.82) is 0 Å². The Hall–Kier alpha value is -1.44. The quantitative estimate of drug-likeness (QED) is 0.773. The van der Waals surface area contributed by atoms with Crippen molar-refractivity contribution >= 4 is 38.3 Å². The molecule has 0 saturated carbocycles. The number of amides is 1. The van der Waals surface area contributed by atoms with E-state index in [1.807, 2.05) is 5.38 Å². The Kier molecular flexibility index (Phi) is 6.09. The molecule has 1 saturated heterocycles. The van der Waals surface area contributed by atoms with Gasteiger partial charge in [-0.2, -0.15) is 0 Å². The van der Waals surface area contributed by atoms with E-state index >= 15 is 0 Å². The number of nitrogens with one attached hydrogen (secondary N) is 1. The molecule has 3 rings (SSSR count). The number of thiazole rings is 1. The van der Waals surface area contributed by atoms with Gasteiger partial charge in [0.15, 0.2) is 5.13 Å². The van der Waals surface area contributed by atoms with Crippen LogP contribution in [0.5, 0.6) is 5.75 Å². The number of carbonyl (C=O) groups is 1. The number of anilines is 1. The minimum absolute atomic E-state index is 0.171. The van der Waals surface area contributed by atoms with Crippen LogP contribution >= 0.6 is 27.3 Å². The third-order valence-electron chi connectivity index (χ3n) is 4.31. The molecule has 0 bridgehead atoms. The number of methoxy groups -OCH3 is 1. The molecule has 7 heteroatoms. The van der Waals surface area contributed by atoms with Gasteiger partial charge < -0.3 is 4.74 Å². The lowest BCUT2D eigenvalue weighted by Gasteiger charge is -2.30. The summed E-state index contributed by atoms with van der Waals surface area (Å²) in [6.45, 7) is 5.40. The minimum Gasteiger partial charge on any atom is -0.496 e. The normalized spacial score (nSPS) is 18.1. The second-order valence-corrected chi connectivity index (χ2v) is 8.14. The number of piperidine rings is 1. The van der Waals surface area contributed by atoms with Crippen LogP contribution in [0.4, 0.5) is 5.13 Å². The molecule has 1 aliphatic rings. The maximum atomic E-state index is 12.4. The van der Waals surface area contributed by atoms with Gasteiger partial charge in [0.2, 0.25) is 0 Å². The van der Waals surface area contributed by atoms with Gasteiger partial charge in [0, 0.05) is 24.0 Å². The van der Waals surface area contributed by atoms with Gasteiger partial charge in [0.25, 0.3) is 5.91 Å². The summed E-state index contributed by atoms with van der Waals surface area (Å²) in [5, 5.41) is 5.54. The van der Waals surface area contributed by atoms with E-state index in [0.29, 0.717) is 16.4 Å². The van der Waals surface area contributed by atoms with Gasteiger partial charge in [-0.25, -0.2) is 4.98 Å². The average Bonchev–Trinajstić information content (AvgIpc) is 3.01. The van der Waals surface area contributed by atoms with E-state index in [9.17, 15) is 4.79 Å². The van der Waals surface area contributed by atoms with Crippen LogP contribution in [0.1, 0.15) is 35.8 Å². The molecule has 1 aromatic carbocycles. The molecule has 1 unspecified atom stereocenters. The van der Waals surface area contributed by atoms with Gasteiger partial charge in [-0.15, -0.1) is 11.3 Å². The van der Waals surface area contributed by atoms with Gasteiger partial charge >= 0.3 is 0 Å². The summed E-state index contributed by atoms with van der Waals surface area (Å²) in [4.78, 5) is 19.4. The van der Waals surface area contributed by atoms with Crippen LogP contribution in [0.15, 0.2) is 28.1 Å². The van der Waals surface area contributed by atoms with Gasteiger partial charge in [-0.05, 0) is 59.4 Å². The summed E-state index contributed by atoms with van der Waals surface area (Å²) < 4.78 is 5.94. The first kappa shape index (κ1) is 18.4. The average molecular weight is 424 g/mol. The Labute approximate surface area is 160 Å². The fourth-order valence-electron chi connectivity index (χ4n) is 3.07. The zero-order chi connectivity index (χ0) is 17.8. The summed E-state index contributed by atoms with van der Waals surface area (Å²) in [5.41, 5.74) is 1.58. The standard InChI is InChI=1S/C18H22BrN3O2S/c1-12-4-3-7-22(9-12)10-14-11-25-18(20-14)21-17(23)13-5-6-16(24-2)15(19)8-13/h5-6,8,11-12H,3-4,7,9-10H2,1-2H3,(H,20,21,23). The molecule has 1 aliphatic heterocycles. The Balaban J connectivity index is 1.60. The minimum atomic E-state index is -0.171. The van der Waals surface area contributed by atoms with E-state index in [2.05, 4.69) is 38.1 Å². The molecule has 1 atom stereocenters. The lowest BCUT2D eigenvalue weighted by atomic mass is 10.0. The van der Waals surface area contributed by atoms with Gasteiger partial charge in [-0.1, -0.05) is 6.92 Å². The van der Waals surface area contributed by atoms with E-state index in [1.165, 1.54) is 24.2 Å². The van der Waals surface area contributed by atoms with E-state index in [0.717, 1.165) is 35.7 Å². The van der Waals surface area contributed by atoms with Crippen LogP contribution in [-0.2, 0) is 6.54 Å². The molecule has 1 fully saturated rings. The molecule has 2 aromatic rings. The molecule has 0 spiro atoms. The zero-order valence-corrected chi connectivity index (χ0v) is 16.8. The monoisotopic (exact) mass is 423 g/mol. The van der Waals surface area contributed by atoms with Gasteiger partial charge in [0.05, 0.1) is 17.3 Å². The number of nitrogens with zero attached hydrogens (tertiary/aromatic N) is 2. The molecule has 2 heterocycles. The van der Waals surface area contributed by atoms with Crippen LogP contribution in [0.3, 0.4) is 0 Å². The van der Waals surface area contributed by atoms with Crippen LogP contribution in [-0.4, -0.2) is 36.0 Å². The highest BCUT2D eigenvalue weighted by Gasteiger charge is 2.18. The Bertz CT molecular complexity index is 750. The molecular weight excluding hydrogens is 402 g/mol. The number of carbonyl (C=O) groups excluding carboxylic acids is 1. The number of halogens is 1. The first-order valence-electron chi connectivity index (χ1n) is 8.37. The van der Waals surface area contributed by atoms with Crippen molar-refractivity contribution < 1.29 is 9.53 Å². The molecule has 25 heavy (non-hydrogen) atoms. The van der Waals surface area contributed by atoms with Crippen molar-refractivity contribution in [1.82, 2.24) is 9.88 Å². The Morgan fingerprint density at radius 3 is 3.08 bits per heavy atom. The smallest absolute Gasteiger partial charge is 0.257 e. The summed E-state index contributed by atoms with van der Waals surface area (Å²) >= 11 is 4.87. The van der Waals surface area contributed by atoms with Crippen LogP contribution in [0.25, 0.3) is 0 Å². The first-order chi connectivity index (χ1) is 12.0. The maximum absolute atomic E-state index is 12.4. The number of aromatic nitrogens is 1. The van der Waals surface area contributed by atoms with E-state index in [1.54, 1.807) is 25.3 Å². The second-order valence-electron chi connectivity index (χ2n) is 6.43. The van der Waals surface area contributed by atoms with Crippen molar-refractivity contribution in [3.05, 3.63) is 39.3 Å². The Morgan fingerprint density at radius 1 is 1.52 bits per heavy atom. The molecule has 134 valence electrons. The van der Waals surface area contributed by atoms with Crippen molar-refractivity contribution in [3.8, 4) is 5.75 Å². The number of likely N-dealkylation sites (tertiary alicyclic amines) is 1. The number of ether oxygens (including phenoxy) is 1. The third-order valence-corrected chi connectivity index (χ3v) is 5.74. The van der Waals surface area contributed by atoms with Crippen LogP contribution in [0, 0.1) is 5.92 Å². The molecule has 0 radical (unpaired) electrons. The summed E-state index contributed by atoms with van der Waals surface area (Å²) in [7, 11) is 1.60. The first-order valence-corrected chi connectivity index (χ1v) is 10.0. The van der Waals surface area contributed by atoms with Crippen LogP contribution < -0.4 is 10.1 Å². The number of rotatable bonds is 5. The molecule has 1 N–H and O–H groups in total. The number of hydrogen-bond acceptors (Lipinski definition) is 5. The molecule has 5 nitrogen and oxygen atoms in total. The second kappa shape index (κ2) is 8.29. The third kappa shape index (κ3) is 4.80. The summed E-state index contributed by atoms with van der Waals surface area (Å²) in [6.07, 6.45) is 2.56. The topological polar surface area (TPSA) is 54.5 Å². The highest BCUT2D eigenvalue weighted by molar-refractivity contribution is 9.10. The molecule has 1 amide bonds. The lowest BCUT2D eigenvalue weighted by molar-refractivity contribution is 0.102. The van der Waals surface area contributed by atoms with Gasteiger partial charge in [0.1, 0.15) is 5.75 Å². The largest absolute Gasteiger partial charge is 0.496 e. The number of benzene rings is 1. The highest BCUT2D eigenvalue weighted by Crippen LogP contribution is 2.26. The fraction of sp³-hybridized carbons (Fsp3) is 0.444. The van der Waals surface area contributed by atoms with E-state index in [-0.39, 0.29) is 5.91 Å². The van der Waals surface area contributed by atoms with E-state index in [4.69, 9.17) is 4.74 Å². The van der Waals surface area contributed by atoms with Gasteiger partial charge in [-0.3, -0.25) is 15.0 Å². The Morgan fingerprint density at radius 2 is 2.36 bits per heavy atom. The van der Waals surface area contributed by atoms with Crippen molar-refractivity contribution in [2.24, 2.45) is 5.92 Å². The fourth-order valence-corrected chi connectivity index (χ4v) is 4.31. The zero-order valence-electron chi connectivity index (χ0n) is 14.4. The van der Waals surface area contributed by atoms with Crippen LogP contribution in [0.2, 0.25) is 0 Å². The molecule has 1 aromatic heterocycles. The van der Waals surface area contributed by atoms with E-state index < -0.39 is 0 Å².